The number of nitrogens with zero attached hydrogens (tertiary/aromatic N) is 1. The Bertz CT molecular complexity index is 498. The van der Waals surface area contributed by atoms with E-state index in [4.69, 9.17) is 10.5 Å². The van der Waals surface area contributed by atoms with E-state index in [1.54, 1.807) is 0 Å². The lowest BCUT2D eigenvalue weighted by atomic mass is 10.1. The molecule has 0 radical (unpaired) electrons. The second-order valence-electron chi connectivity index (χ2n) is 4.47. The quantitative estimate of drug-likeness (QED) is 0.601. The average molecular weight is 265 g/mol. The van der Waals surface area contributed by atoms with Crippen LogP contribution in [0.4, 0.5) is 5.69 Å². The molecule has 0 saturated carbocycles. The number of carbonyl (C=O) groups is 1. The van der Waals surface area contributed by atoms with Crippen molar-refractivity contribution in [1.82, 2.24) is 5.32 Å². The maximum absolute atomic E-state index is 11.0. The molecule has 0 aliphatic carbocycles. The van der Waals surface area contributed by atoms with Gasteiger partial charge < -0.3 is 15.8 Å². The van der Waals surface area contributed by atoms with Crippen LogP contribution in [0.5, 0.6) is 5.75 Å². The summed E-state index contributed by atoms with van der Waals surface area (Å²) in [5, 5.41) is 14.1. The molecule has 1 aliphatic rings. The topological polar surface area (TPSA) is 107 Å². The molecule has 1 heterocycles. The number of rotatable bonds is 5. The number of hydrogen-bond acceptors (Lipinski definition) is 5. The Morgan fingerprint density at radius 2 is 2.37 bits per heavy atom. The summed E-state index contributed by atoms with van der Waals surface area (Å²) in [5.74, 6) is -0.174. The van der Waals surface area contributed by atoms with Crippen molar-refractivity contribution in [3.63, 3.8) is 0 Å². The van der Waals surface area contributed by atoms with E-state index in [1.807, 2.05) is 0 Å². The van der Waals surface area contributed by atoms with E-state index < -0.39 is 10.8 Å². The number of benzene rings is 1. The molecule has 102 valence electrons. The van der Waals surface area contributed by atoms with Crippen molar-refractivity contribution >= 4 is 11.6 Å². The van der Waals surface area contributed by atoms with Gasteiger partial charge in [0.25, 0.3) is 0 Å². The van der Waals surface area contributed by atoms with Crippen LogP contribution in [-0.4, -0.2) is 30.5 Å². The van der Waals surface area contributed by atoms with E-state index in [0.717, 1.165) is 25.6 Å². The fourth-order valence-corrected chi connectivity index (χ4v) is 2.00. The molecule has 2 rings (SSSR count). The van der Waals surface area contributed by atoms with Crippen LogP contribution in [0, 0.1) is 16.0 Å². The van der Waals surface area contributed by atoms with Gasteiger partial charge in [0, 0.05) is 24.1 Å². The molecule has 7 nitrogen and oxygen atoms in total. The summed E-state index contributed by atoms with van der Waals surface area (Å²) in [7, 11) is 0. The molecule has 1 atom stereocenters. The molecular formula is C12H15N3O4. The monoisotopic (exact) mass is 265 g/mol. The van der Waals surface area contributed by atoms with Gasteiger partial charge in [-0.1, -0.05) is 0 Å². The normalized spacial score (nSPS) is 18.2. The number of nitro benzene ring substituents is 1. The molecule has 1 aromatic rings. The summed E-state index contributed by atoms with van der Waals surface area (Å²) in [6, 6.07) is 3.99. The summed E-state index contributed by atoms with van der Waals surface area (Å²) in [6.45, 7) is 2.22. The van der Waals surface area contributed by atoms with Gasteiger partial charge in [-0.15, -0.1) is 0 Å². The lowest BCUT2D eigenvalue weighted by Crippen LogP contribution is -2.16. The molecule has 0 bridgehead atoms. The maximum atomic E-state index is 11.0. The van der Waals surface area contributed by atoms with Gasteiger partial charge in [-0.3, -0.25) is 14.9 Å². The van der Waals surface area contributed by atoms with Gasteiger partial charge in [0.15, 0.2) is 5.75 Å². The van der Waals surface area contributed by atoms with Crippen molar-refractivity contribution in [3.8, 4) is 5.75 Å². The van der Waals surface area contributed by atoms with E-state index >= 15 is 0 Å². The minimum absolute atomic E-state index is 0.0987. The molecule has 1 saturated heterocycles. The molecule has 19 heavy (non-hydrogen) atoms. The van der Waals surface area contributed by atoms with Gasteiger partial charge >= 0.3 is 5.69 Å². The zero-order chi connectivity index (χ0) is 13.8. The van der Waals surface area contributed by atoms with Gasteiger partial charge in [-0.05, 0) is 25.1 Å². The number of nitro groups is 1. The Morgan fingerprint density at radius 3 is 2.95 bits per heavy atom. The number of primary amides is 1. The predicted molar refractivity (Wildman–Crippen MR) is 68.1 cm³/mol. The van der Waals surface area contributed by atoms with Gasteiger partial charge in [-0.25, -0.2) is 0 Å². The highest BCUT2D eigenvalue weighted by molar-refractivity contribution is 5.93. The molecule has 1 unspecified atom stereocenters. The lowest BCUT2D eigenvalue weighted by Gasteiger charge is -2.11. The van der Waals surface area contributed by atoms with Gasteiger partial charge in [0.1, 0.15) is 0 Å². The number of hydrogen-bond donors (Lipinski definition) is 2. The first-order valence-electron chi connectivity index (χ1n) is 5.99. The van der Waals surface area contributed by atoms with Gasteiger partial charge in [0.2, 0.25) is 5.91 Å². The molecule has 1 aromatic carbocycles. The van der Waals surface area contributed by atoms with Crippen LogP contribution in [0.15, 0.2) is 18.2 Å². The highest BCUT2D eigenvalue weighted by Crippen LogP contribution is 2.28. The van der Waals surface area contributed by atoms with Crippen LogP contribution in [0.3, 0.4) is 0 Å². The summed E-state index contributed by atoms with van der Waals surface area (Å²) in [5.41, 5.74) is 4.96. The SMILES string of the molecule is NC(=O)c1ccc(OCC2CCNC2)c([N+](=O)[O-])c1. The zero-order valence-corrected chi connectivity index (χ0v) is 10.3. The molecule has 1 fully saturated rings. The van der Waals surface area contributed by atoms with Crippen molar-refractivity contribution in [2.24, 2.45) is 11.7 Å². The molecule has 1 aliphatic heterocycles. The van der Waals surface area contributed by atoms with Crippen molar-refractivity contribution in [2.45, 2.75) is 6.42 Å². The van der Waals surface area contributed by atoms with Crippen LogP contribution in [0.2, 0.25) is 0 Å². The number of nitrogens with two attached hydrogens (primary N) is 1. The largest absolute Gasteiger partial charge is 0.486 e. The zero-order valence-electron chi connectivity index (χ0n) is 10.3. The first kappa shape index (κ1) is 13.3. The lowest BCUT2D eigenvalue weighted by molar-refractivity contribution is -0.385. The average Bonchev–Trinajstić information content (AvgIpc) is 2.89. The maximum Gasteiger partial charge on any atom is 0.311 e. The first-order valence-corrected chi connectivity index (χ1v) is 5.99. The van der Waals surface area contributed by atoms with Crippen molar-refractivity contribution in [1.29, 1.82) is 0 Å². The summed E-state index contributed by atoms with van der Waals surface area (Å²) in [6.07, 6.45) is 0.993. The minimum atomic E-state index is -0.699. The van der Waals surface area contributed by atoms with Gasteiger partial charge in [-0.2, -0.15) is 0 Å². The van der Waals surface area contributed by atoms with E-state index in [0.29, 0.717) is 12.5 Å². The van der Waals surface area contributed by atoms with Gasteiger partial charge in [0.05, 0.1) is 11.5 Å². The third-order valence-corrected chi connectivity index (χ3v) is 3.08. The highest BCUT2D eigenvalue weighted by Gasteiger charge is 2.20. The number of amides is 1. The number of nitrogens with one attached hydrogen (secondary N) is 1. The standard InChI is InChI=1S/C12H15N3O4/c13-12(16)9-1-2-11(10(5-9)15(17)18)19-7-8-3-4-14-6-8/h1-2,5,8,14H,3-4,6-7H2,(H2,13,16). The Hall–Kier alpha value is -2.15. The smallest absolute Gasteiger partial charge is 0.311 e. The van der Waals surface area contributed by atoms with Crippen molar-refractivity contribution in [3.05, 3.63) is 33.9 Å². The number of ether oxygens (including phenoxy) is 1. The van der Waals surface area contributed by atoms with Crippen LogP contribution in [-0.2, 0) is 0 Å². The van der Waals surface area contributed by atoms with Crippen LogP contribution in [0.1, 0.15) is 16.8 Å². The Balaban J connectivity index is 2.14. The van der Waals surface area contributed by atoms with Crippen molar-refractivity contribution < 1.29 is 14.5 Å². The number of carbonyl (C=O) groups excluding carboxylic acids is 1. The summed E-state index contributed by atoms with van der Waals surface area (Å²) < 4.78 is 5.48. The predicted octanol–water partition coefficient (Wildman–Crippen LogP) is 0.682. The van der Waals surface area contributed by atoms with Crippen LogP contribution in [0.25, 0.3) is 0 Å². The van der Waals surface area contributed by atoms with Crippen LogP contribution < -0.4 is 15.8 Å². The fourth-order valence-electron chi connectivity index (χ4n) is 2.00. The Kier molecular flexibility index (Phi) is 3.96. The summed E-state index contributed by atoms with van der Waals surface area (Å²) in [4.78, 5) is 21.4. The summed E-state index contributed by atoms with van der Waals surface area (Å²) >= 11 is 0. The van der Waals surface area contributed by atoms with E-state index in [-0.39, 0.29) is 17.0 Å². The third-order valence-electron chi connectivity index (χ3n) is 3.08. The molecule has 3 N–H and O–H groups in total. The second kappa shape index (κ2) is 5.66. The van der Waals surface area contributed by atoms with E-state index in [2.05, 4.69) is 5.32 Å². The van der Waals surface area contributed by atoms with Crippen molar-refractivity contribution in [2.75, 3.05) is 19.7 Å². The Morgan fingerprint density at radius 1 is 1.58 bits per heavy atom. The second-order valence-corrected chi connectivity index (χ2v) is 4.47. The Labute approximate surface area is 109 Å². The molecule has 7 heteroatoms. The molecule has 1 amide bonds. The fraction of sp³-hybridized carbons (Fsp3) is 0.417. The molecule has 0 spiro atoms. The minimum Gasteiger partial charge on any atom is -0.486 e. The molecule has 0 aromatic heterocycles. The van der Waals surface area contributed by atoms with E-state index in [9.17, 15) is 14.9 Å². The third kappa shape index (κ3) is 3.19. The van der Waals surface area contributed by atoms with E-state index in [1.165, 1.54) is 12.1 Å². The highest BCUT2D eigenvalue weighted by atomic mass is 16.6. The first-order chi connectivity index (χ1) is 9.08. The molecular weight excluding hydrogens is 250 g/mol. The van der Waals surface area contributed by atoms with Crippen LogP contribution >= 0.6 is 0 Å².